The van der Waals surface area contributed by atoms with Crippen molar-refractivity contribution in [2.24, 2.45) is 0 Å². The summed E-state index contributed by atoms with van der Waals surface area (Å²) >= 11 is 6.12. The zero-order valence-corrected chi connectivity index (χ0v) is 13.5. The molecule has 124 valence electrons. The molecule has 9 heteroatoms. The first-order chi connectivity index (χ1) is 11.6. The summed E-state index contributed by atoms with van der Waals surface area (Å²) in [5.41, 5.74) is 0.976. The molecule has 0 aliphatic carbocycles. The van der Waals surface area contributed by atoms with E-state index in [0.29, 0.717) is 11.4 Å². The normalized spacial score (nSPS) is 9.88. The van der Waals surface area contributed by atoms with Gasteiger partial charge in [-0.15, -0.1) is 6.42 Å². The number of halogens is 1. The van der Waals surface area contributed by atoms with Crippen molar-refractivity contribution >= 4 is 29.3 Å². The van der Waals surface area contributed by atoms with Gasteiger partial charge in [-0.2, -0.15) is 5.10 Å². The number of anilines is 1. The lowest BCUT2D eigenvalue weighted by Crippen LogP contribution is -2.36. The van der Waals surface area contributed by atoms with Crippen molar-refractivity contribution in [3.63, 3.8) is 0 Å². The Morgan fingerprint density at radius 2 is 2.33 bits per heavy atom. The fraction of sp³-hybridized carbons (Fsp3) is 0.200. The van der Waals surface area contributed by atoms with Crippen LogP contribution >= 0.6 is 11.6 Å². The Bertz CT molecular complexity index is 769. The summed E-state index contributed by atoms with van der Waals surface area (Å²) in [6.45, 7) is -0.524. The first-order valence-electron chi connectivity index (χ1n) is 6.80. The van der Waals surface area contributed by atoms with E-state index in [2.05, 4.69) is 21.3 Å². The number of hydrogen-bond donors (Lipinski definition) is 1. The Hall–Kier alpha value is -3.05. The molecule has 0 aliphatic rings. The van der Waals surface area contributed by atoms with E-state index in [1.807, 2.05) is 0 Å². The smallest absolute Gasteiger partial charge is 0.407 e. The highest BCUT2D eigenvalue weighted by Crippen LogP contribution is 2.26. The van der Waals surface area contributed by atoms with Crippen LogP contribution in [0.5, 0.6) is 0 Å². The van der Waals surface area contributed by atoms with Crippen LogP contribution in [0.1, 0.15) is 0 Å². The lowest BCUT2D eigenvalue weighted by atomic mass is 10.4. The maximum atomic E-state index is 12.3. The van der Waals surface area contributed by atoms with Crippen molar-refractivity contribution in [3.05, 3.63) is 35.9 Å². The van der Waals surface area contributed by atoms with Crippen molar-refractivity contribution in [1.29, 1.82) is 0 Å². The molecular weight excluding hydrogens is 334 g/mol. The number of alkyl carbamates (subject to hydrolysis) is 1. The van der Waals surface area contributed by atoms with E-state index in [1.165, 1.54) is 16.6 Å². The number of aromatic nitrogens is 3. The zero-order chi connectivity index (χ0) is 17.5. The summed E-state index contributed by atoms with van der Waals surface area (Å²) in [6.07, 6.45) is 9.36. The maximum absolute atomic E-state index is 12.3. The van der Waals surface area contributed by atoms with Gasteiger partial charge < -0.3 is 10.1 Å². The van der Waals surface area contributed by atoms with Gasteiger partial charge in [-0.1, -0.05) is 17.5 Å². The van der Waals surface area contributed by atoms with Crippen LogP contribution < -0.4 is 10.2 Å². The number of carbonyl (C=O) groups is 2. The molecule has 2 aromatic rings. The molecule has 0 saturated carbocycles. The summed E-state index contributed by atoms with van der Waals surface area (Å²) in [4.78, 5) is 28.6. The Labute approximate surface area is 143 Å². The minimum Gasteiger partial charge on any atom is -0.439 e. The average Bonchev–Trinajstić information content (AvgIpc) is 2.99. The Balaban J connectivity index is 2.25. The van der Waals surface area contributed by atoms with E-state index in [9.17, 15) is 9.59 Å². The number of nitrogens with zero attached hydrogens (tertiary/aromatic N) is 4. The standard InChI is InChI=1S/C15H14ClN5O3/c1-3-7-20(13(22)10-24-15(23)17-2)12-9-21(19-14(12)16)11-5-4-6-18-8-11/h1,4-6,8-9H,7,10H2,2H3,(H,17,23). The van der Waals surface area contributed by atoms with E-state index in [4.69, 9.17) is 22.8 Å². The SMILES string of the molecule is C#CCN(C(=O)COC(=O)NC)c1cn(-c2cccnc2)nc1Cl. The Morgan fingerprint density at radius 3 is 2.96 bits per heavy atom. The highest BCUT2D eigenvalue weighted by Gasteiger charge is 2.22. The third kappa shape index (κ3) is 4.02. The number of amides is 2. The van der Waals surface area contributed by atoms with E-state index in [-0.39, 0.29) is 11.7 Å². The molecule has 24 heavy (non-hydrogen) atoms. The predicted octanol–water partition coefficient (Wildman–Crippen LogP) is 1.24. The van der Waals surface area contributed by atoms with E-state index < -0.39 is 18.6 Å². The fourth-order valence-corrected chi connectivity index (χ4v) is 2.05. The monoisotopic (exact) mass is 347 g/mol. The molecule has 0 spiro atoms. The van der Waals surface area contributed by atoms with Gasteiger partial charge in [-0.05, 0) is 12.1 Å². The van der Waals surface area contributed by atoms with E-state index >= 15 is 0 Å². The van der Waals surface area contributed by atoms with Crippen molar-refractivity contribution in [3.8, 4) is 18.0 Å². The number of rotatable bonds is 5. The molecular formula is C15H14ClN5O3. The van der Waals surface area contributed by atoms with Gasteiger partial charge in [0.1, 0.15) is 5.69 Å². The third-order valence-electron chi connectivity index (χ3n) is 2.93. The van der Waals surface area contributed by atoms with Crippen LogP contribution in [0.2, 0.25) is 5.15 Å². The molecule has 0 aliphatic heterocycles. The van der Waals surface area contributed by atoms with Crippen LogP contribution in [-0.4, -0.2) is 47.0 Å². The quantitative estimate of drug-likeness (QED) is 0.822. The number of hydrogen-bond acceptors (Lipinski definition) is 5. The van der Waals surface area contributed by atoms with E-state index in [0.717, 1.165) is 0 Å². The van der Waals surface area contributed by atoms with Gasteiger partial charge in [0.2, 0.25) is 0 Å². The van der Waals surface area contributed by atoms with Crippen LogP contribution in [0.4, 0.5) is 10.5 Å². The van der Waals surface area contributed by atoms with Crippen LogP contribution in [-0.2, 0) is 9.53 Å². The summed E-state index contributed by atoms with van der Waals surface area (Å²) in [6, 6.07) is 3.52. The van der Waals surface area contributed by atoms with Gasteiger partial charge >= 0.3 is 6.09 Å². The summed E-state index contributed by atoms with van der Waals surface area (Å²) in [5, 5.41) is 6.47. The molecule has 2 rings (SSSR count). The van der Waals surface area contributed by atoms with Crippen LogP contribution in [0, 0.1) is 12.3 Å². The molecule has 8 nitrogen and oxygen atoms in total. The van der Waals surface area contributed by atoms with Crippen LogP contribution in [0.15, 0.2) is 30.7 Å². The van der Waals surface area contributed by atoms with Crippen molar-refractivity contribution in [2.75, 3.05) is 25.1 Å². The first-order valence-corrected chi connectivity index (χ1v) is 7.18. The largest absolute Gasteiger partial charge is 0.439 e. The highest BCUT2D eigenvalue weighted by molar-refractivity contribution is 6.32. The van der Waals surface area contributed by atoms with Crippen molar-refractivity contribution < 1.29 is 14.3 Å². The number of ether oxygens (including phenoxy) is 1. The predicted molar refractivity (Wildman–Crippen MR) is 88.0 cm³/mol. The van der Waals surface area contributed by atoms with Gasteiger partial charge in [-0.25, -0.2) is 9.48 Å². The summed E-state index contributed by atoms with van der Waals surface area (Å²) < 4.78 is 6.22. The van der Waals surface area contributed by atoms with Gasteiger partial charge in [0.05, 0.1) is 24.6 Å². The minimum absolute atomic E-state index is 0.0472. The second-order valence-corrected chi connectivity index (χ2v) is 4.83. The van der Waals surface area contributed by atoms with Gasteiger partial charge in [0.15, 0.2) is 11.8 Å². The number of pyridine rings is 1. The molecule has 0 fully saturated rings. The lowest BCUT2D eigenvalue weighted by Gasteiger charge is -2.18. The Morgan fingerprint density at radius 1 is 1.54 bits per heavy atom. The van der Waals surface area contributed by atoms with Crippen molar-refractivity contribution in [2.45, 2.75) is 0 Å². The highest BCUT2D eigenvalue weighted by atomic mass is 35.5. The molecule has 0 atom stereocenters. The second-order valence-electron chi connectivity index (χ2n) is 4.47. The Kier molecular flexibility index (Phi) is 5.76. The maximum Gasteiger partial charge on any atom is 0.407 e. The van der Waals surface area contributed by atoms with Gasteiger partial charge in [0.25, 0.3) is 5.91 Å². The lowest BCUT2D eigenvalue weighted by molar-refractivity contribution is -0.121. The second kappa shape index (κ2) is 7.99. The first kappa shape index (κ1) is 17.3. The third-order valence-corrected chi connectivity index (χ3v) is 3.20. The molecule has 0 bridgehead atoms. The molecule has 2 aromatic heterocycles. The number of nitrogens with one attached hydrogen (secondary N) is 1. The van der Waals surface area contributed by atoms with Crippen LogP contribution in [0.25, 0.3) is 5.69 Å². The number of terminal acetylenes is 1. The van der Waals surface area contributed by atoms with Gasteiger partial charge in [-0.3, -0.25) is 14.7 Å². The molecule has 2 heterocycles. The number of carbonyl (C=O) groups excluding carboxylic acids is 2. The molecule has 0 aromatic carbocycles. The minimum atomic E-state index is -0.721. The van der Waals surface area contributed by atoms with E-state index in [1.54, 1.807) is 30.7 Å². The topological polar surface area (TPSA) is 89.4 Å². The molecule has 0 saturated heterocycles. The molecule has 0 unspecified atom stereocenters. The summed E-state index contributed by atoms with van der Waals surface area (Å²) in [5.74, 6) is 1.84. The molecule has 1 N–H and O–H groups in total. The average molecular weight is 348 g/mol. The molecule has 0 radical (unpaired) electrons. The fourth-order valence-electron chi connectivity index (χ4n) is 1.82. The van der Waals surface area contributed by atoms with Crippen molar-refractivity contribution in [1.82, 2.24) is 20.1 Å². The zero-order valence-electron chi connectivity index (χ0n) is 12.8. The molecule has 2 amide bonds. The van der Waals surface area contributed by atoms with Crippen LogP contribution in [0.3, 0.4) is 0 Å². The van der Waals surface area contributed by atoms with Gasteiger partial charge in [0, 0.05) is 13.2 Å². The summed E-state index contributed by atoms with van der Waals surface area (Å²) in [7, 11) is 1.39.